The maximum Gasteiger partial charge on any atom is 0.302 e. The van der Waals surface area contributed by atoms with E-state index in [-0.39, 0.29) is 16.3 Å². The van der Waals surface area contributed by atoms with Crippen LogP contribution in [0.25, 0.3) is 10.9 Å². The van der Waals surface area contributed by atoms with Crippen molar-refractivity contribution >= 4 is 28.6 Å². The molecular formula is C18H21N7O5. The quantitative estimate of drug-likeness (QED) is 0.583. The molecule has 12 nitrogen and oxygen atoms in total. The van der Waals surface area contributed by atoms with E-state index in [0.717, 1.165) is 0 Å². The Kier molecular flexibility index (Phi) is 4.90. The van der Waals surface area contributed by atoms with Gasteiger partial charge in [-0.15, -0.1) is 0 Å². The number of nitrogens with two attached hydrogens (primary N) is 1. The highest BCUT2D eigenvalue weighted by Gasteiger charge is 2.31. The number of nitrogen functional groups attached to an aromatic ring is 1. The minimum absolute atomic E-state index is 0.101. The maximum absolute atomic E-state index is 12.6. The number of methoxy groups -OCH3 is 2. The Hall–Kier alpha value is -3.83. The van der Waals surface area contributed by atoms with Crippen molar-refractivity contribution < 1.29 is 23.8 Å². The average Bonchev–Trinajstić information content (AvgIpc) is 3.10. The zero-order valence-corrected chi connectivity index (χ0v) is 16.8. The third kappa shape index (κ3) is 3.25. The predicted octanol–water partition coefficient (Wildman–Crippen LogP) is 0.121. The molecule has 1 saturated heterocycles. The molecular weight excluding hydrogens is 394 g/mol. The van der Waals surface area contributed by atoms with Crippen molar-refractivity contribution in [1.29, 1.82) is 0 Å². The molecule has 1 amide bonds. The van der Waals surface area contributed by atoms with Gasteiger partial charge in [-0.3, -0.25) is 9.42 Å². The standard InChI is InChI=1S/C18H21N7O5/c1-10-15(25(27)30-22-10)17(26)23-4-6-24(7-5-23)18-20-12-9-14(29-3)13(28-2)8-11(12)16(19)21-18/h8-9H,4-7H2,1-3H3,(H2,19,20,21). The number of aryl methyl sites for hydroxylation is 1. The van der Waals surface area contributed by atoms with Crippen LogP contribution in [0.2, 0.25) is 0 Å². The first-order chi connectivity index (χ1) is 14.4. The molecule has 0 aliphatic carbocycles. The zero-order valence-electron chi connectivity index (χ0n) is 16.8. The Morgan fingerprint density at radius 2 is 1.83 bits per heavy atom. The summed E-state index contributed by atoms with van der Waals surface area (Å²) in [7, 11) is 3.10. The monoisotopic (exact) mass is 415 g/mol. The fourth-order valence-corrected chi connectivity index (χ4v) is 3.41. The number of amides is 1. The molecule has 2 N–H and O–H groups in total. The first-order valence-electron chi connectivity index (χ1n) is 9.22. The van der Waals surface area contributed by atoms with Crippen LogP contribution in [0.5, 0.6) is 11.5 Å². The topological polar surface area (TPSA) is 147 Å². The van der Waals surface area contributed by atoms with Crippen LogP contribution in [0, 0.1) is 12.1 Å². The van der Waals surface area contributed by atoms with Gasteiger partial charge in [0.15, 0.2) is 11.5 Å². The third-order valence-electron chi connectivity index (χ3n) is 5.05. The van der Waals surface area contributed by atoms with Crippen molar-refractivity contribution in [3.8, 4) is 11.5 Å². The van der Waals surface area contributed by atoms with E-state index in [4.69, 9.17) is 15.2 Å². The van der Waals surface area contributed by atoms with Crippen LogP contribution in [0.3, 0.4) is 0 Å². The highest BCUT2D eigenvalue weighted by atomic mass is 16.8. The number of rotatable bonds is 4. The Bertz CT molecular complexity index is 1090. The molecule has 0 unspecified atom stereocenters. The number of fused-ring (bicyclic) bond motifs is 1. The molecule has 1 fully saturated rings. The first-order valence-corrected chi connectivity index (χ1v) is 9.22. The van der Waals surface area contributed by atoms with Crippen molar-refractivity contribution in [3.05, 3.63) is 28.7 Å². The van der Waals surface area contributed by atoms with Crippen molar-refractivity contribution in [2.45, 2.75) is 6.92 Å². The molecule has 1 aromatic carbocycles. The van der Waals surface area contributed by atoms with Crippen LogP contribution in [0.1, 0.15) is 16.2 Å². The van der Waals surface area contributed by atoms with Gasteiger partial charge in [0.25, 0.3) is 5.69 Å². The third-order valence-corrected chi connectivity index (χ3v) is 5.05. The number of piperazine rings is 1. The highest BCUT2D eigenvalue weighted by Crippen LogP contribution is 2.34. The van der Waals surface area contributed by atoms with Crippen LogP contribution < -0.4 is 25.0 Å². The van der Waals surface area contributed by atoms with Gasteiger partial charge in [0, 0.05) is 49.7 Å². The number of benzene rings is 1. The van der Waals surface area contributed by atoms with E-state index in [1.165, 1.54) is 0 Å². The summed E-state index contributed by atoms with van der Waals surface area (Å²) < 4.78 is 15.1. The molecule has 30 heavy (non-hydrogen) atoms. The summed E-state index contributed by atoms with van der Waals surface area (Å²) >= 11 is 0. The van der Waals surface area contributed by atoms with Gasteiger partial charge in [0.2, 0.25) is 11.6 Å². The zero-order chi connectivity index (χ0) is 21.4. The molecule has 3 aromatic rings. The number of hydrogen-bond acceptors (Lipinski definition) is 10. The van der Waals surface area contributed by atoms with Gasteiger partial charge in [-0.2, -0.15) is 4.98 Å². The number of carbonyl (C=O) groups is 1. The van der Waals surface area contributed by atoms with E-state index in [9.17, 15) is 10.0 Å². The Balaban J connectivity index is 1.55. The molecule has 1 aliphatic rings. The van der Waals surface area contributed by atoms with Crippen LogP contribution >= 0.6 is 0 Å². The lowest BCUT2D eigenvalue weighted by Gasteiger charge is -2.34. The van der Waals surface area contributed by atoms with E-state index in [1.54, 1.807) is 38.2 Å². The summed E-state index contributed by atoms with van der Waals surface area (Å²) in [5, 5.41) is 15.8. The van der Waals surface area contributed by atoms with Gasteiger partial charge in [-0.25, -0.2) is 4.98 Å². The largest absolute Gasteiger partial charge is 0.493 e. The van der Waals surface area contributed by atoms with Crippen molar-refractivity contribution in [3.63, 3.8) is 0 Å². The number of carbonyl (C=O) groups excluding carboxylic acids is 1. The second kappa shape index (κ2) is 7.54. The minimum atomic E-state index is -0.417. The summed E-state index contributed by atoms with van der Waals surface area (Å²) in [6.07, 6.45) is 0. The number of nitrogens with zero attached hydrogens (tertiary/aromatic N) is 6. The van der Waals surface area contributed by atoms with Crippen molar-refractivity contribution in [2.75, 3.05) is 51.0 Å². The minimum Gasteiger partial charge on any atom is -0.493 e. The number of hydrogen-bond donors (Lipinski definition) is 1. The molecule has 0 spiro atoms. The van der Waals surface area contributed by atoms with Gasteiger partial charge in [0.05, 0.1) is 19.7 Å². The molecule has 12 heteroatoms. The highest BCUT2D eigenvalue weighted by molar-refractivity contribution is 5.92. The molecule has 2 aromatic heterocycles. The van der Waals surface area contributed by atoms with Crippen LogP contribution in [0.4, 0.5) is 11.8 Å². The maximum atomic E-state index is 12.6. The SMILES string of the molecule is COc1cc2nc(N3CCN(C(=O)c4c(C)no[n+]4[O-])CC3)nc(N)c2cc1OC. The summed E-state index contributed by atoms with van der Waals surface area (Å²) in [5.74, 6) is 1.44. The van der Waals surface area contributed by atoms with E-state index < -0.39 is 5.91 Å². The molecule has 1 aliphatic heterocycles. The average molecular weight is 415 g/mol. The Morgan fingerprint density at radius 3 is 2.43 bits per heavy atom. The van der Waals surface area contributed by atoms with Gasteiger partial charge >= 0.3 is 5.91 Å². The molecule has 0 saturated carbocycles. The summed E-state index contributed by atoms with van der Waals surface area (Å²) in [6.45, 7) is 3.28. The van der Waals surface area contributed by atoms with Crippen molar-refractivity contribution in [1.82, 2.24) is 20.0 Å². The molecule has 0 atom stereocenters. The first kappa shape index (κ1) is 19.5. The predicted molar refractivity (Wildman–Crippen MR) is 105 cm³/mol. The normalized spacial score (nSPS) is 14.2. The fourth-order valence-electron chi connectivity index (χ4n) is 3.41. The Morgan fingerprint density at radius 1 is 1.17 bits per heavy atom. The summed E-state index contributed by atoms with van der Waals surface area (Å²) in [4.78, 5) is 25.3. The van der Waals surface area contributed by atoms with Crippen LogP contribution in [0.15, 0.2) is 16.8 Å². The summed E-state index contributed by atoms with van der Waals surface area (Å²) in [5.41, 5.74) is 6.94. The molecule has 3 heterocycles. The van der Waals surface area contributed by atoms with Gasteiger partial charge in [0.1, 0.15) is 5.82 Å². The summed E-state index contributed by atoms with van der Waals surface area (Å²) in [6, 6.07) is 3.49. The molecule has 0 bridgehead atoms. The van der Waals surface area contributed by atoms with Gasteiger partial charge < -0.3 is 30.2 Å². The molecule has 158 valence electrons. The van der Waals surface area contributed by atoms with E-state index >= 15 is 0 Å². The lowest BCUT2D eigenvalue weighted by Crippen LogP contribution is -2.51. The van der Waals surface area contributed by atoms with E-state index in [0.29, 0.717) is 60.3 Å². The lowest BCUT2D eigenvalue weighted by atomic mass is 10.2. The number of aromatic nitrogens is 4. The van der Waals surface area contributed by atoms with E-state index in [1.807, 2.05) is 4.90 Å². The smallest absolute Gasteiger partial charge is 0.302 e. The van der Waals surface area contributed by atoms with Crippen molar-refractivity contribution in [2.24, 2.45) is 0 Å². The number of anilines is 2. The molecule has 0 radical (unpaired) electrons. The fraction of sp³-hybridized carbons (Fsp3) is 0.389. The number of ether oxygens (including phenoxy) is 2. The second-order valence-electron chi connectivity index (χ2n) is 6.78. The Labute approximate surface area is 171 Å². The lowest BCUT2D eigenvalue weighted by molar-refractivity contribution is -0.803. The second-order valence-corrected chi connectivity index (χ2v) is 6.78. The van der Waals surface area contributed by atoms with Gasteiger partial charge in [-0.05, 0) is 11.0 Å². The van der Waals surface area contributed by atoms with Crippen LogP contribution in [-0.2, 0) is 0 Å². The van der Waals surface area contributed by atoms with Gasteiger partial charge in [-0.1, -0.05) is 0 Å². The molecule has 4 rings (SSSR count). The van der Waals surface area contributed by atoms with E-state index in [2.05, 4.69) is 19.8 Å². The van der Waals surface area contributed by atoms with Crippen LogP contribution in [-0.4, -0.2) is 66.3 Å².